The largest absolute Gasteiger partial charge is 0.508 e. The van der Waals surface area contributed by atoms with Crippen LogP contribution in [0.1, 0.15) is 0 Å². The van der Waals surface area contributed by atoms with Gasteiger partial charge in [0, 0.05) is 48.7 Å². The van der Waals surface area contributed by atoms with Crippen LogP contribution >= 0.6 is 11.6 Å². The number of nitrogens with zero attached hydrogens (tertiary/aromatic N) is 5. The van der Waals surface area contributed by atoms with E-state index in [0.717, 1.165) is 38.9 Å². The van der Waals surface area contributed by atoms with Crippen molar-refractivity contribution in [2.75, 3.05) is 55.1 Å². The monoisotopic (exact) mass is 530 g/mol. The minimum absolute atomic E-state index is 0.186. The van der Waals surface area contributed by atoms with Gasteiger partial charge >= 0.3 is 0 Å². The molecule has 0 radical (unpaired) electrons. The number of halogens is 1. The van der Waals surface area contributed by atoms with Crippen molar-refractivity contribution in [2.24, 2.45) is 0 Å². The van der Waals surface area contributed by atoms with Crippen molar-refractivity contribution in [3.05, 3.63) is 65.7 Å². The number of phenolic OH excluding ortho intramolecular Hbond substituents is 1. The number of methoxy groups -OCH3 is 1. The average molecular weight is 531 g/mol. The molecule has 0 aliphatic heterocycles. The van der Waals surface area contributed by atoms with Gasteiger partial charge in [-0.25, -0.2) is 4.98 Å². The van der Waals surface area contributed by atoms with Gasteiger partial charge in [-0.05, 0) is 60.7 Å². The smallest absolute Gasteiger partial charge is 0.233 e. The van der Waals surface area contributed by atoms with Crippen molar-refractivity contribution in [1.82, 2.24) is 19.9 Å². The molecule has 38 heavy (non-hydrogen) atoms. The molecule has 11 heteroatoms. The summed E-state index contributed by atoms with van der Waals surface area (Å²) in [5, 5.41) is 22.1. The maximum Gasteiger partial charge on any atom is 0.233 e. The van der Waals surface area contributed by atoms with Crippen LogP contribution < -0.4 is 25.6 Å². The van der Waals surface area contributed by atoms with Gasteiger partial charge in [0.1, 0.15) is 11.5 Å². The lowest BCUT2D eigenvalue weighted by Gasteiger charge is -2.16. The number of ether oxygens (including phenoxy) is 1. The Hall–Kier alpha value is -4.57. The van der Waals surface area contributed by atoms with Crippen molar-refractivity contribution >= 4 is 62.6 Å². The SMILES string of the molecule is COc1ccc2nc3cc(Cl)ccc3c(NCCNc3nc(Nc4ccc(O)cc4)nc(N(C)C)n3)c2c1. The highest BCUT2D eigenvalue weighted by atomic mass is 35.5. The highest BCUT2D eigenvalue weighted by Gasteiger charge is 2.12. The van der Waals surface area contributed by atoms with Gasteiger partial charge < -0.3 is 30.7 Å². The Labute approximate surface area is 224 Å². The van der Waals surface area contributed by atoms with Crippen LogP contribution in [0.2, 0.25) is 5.02 Å². The first-order valence-corrected chi connectivity index (χ1v) is 12.3. The molecule has 0 aliphatic carbocycles. The number of rotatable bonds is 9. The molecule has 0 amide bonds. The quantitative estimate of drug-likeness (QED) is 0.114. The first-order chi connectivity index (χ1) is 18.4. The normalized spacial score (nSPS) is 10.9. The van der Waals surface area contributed by atoms with E-state index in [1.165, 1.54) is 0 Å². The summed E-state index contributed by atoms with van der Waals surface area (Å²) in [4.78, 5) is 20.1. The van der Waals surface area contributed by atoms with Crippen molar-refractivity contribution in [3.8, 4) is 11.5 Å². The van der Waals surface area contributed by atoms with Crippen LogP contribution in [0, 0.1) is 0 Å². The molecule has 5 aromatic rings. The molecule has 0 unspecified atom stereocenters. The Bertz CT molecular complexity index is 1590. The molecular formula is C27H27ClN8O2. The van der Waals surface area contributed by atoms with Crippen molar-refractivity contribution in [2.45, 2.75) is 0 Å². The maximum absolute atomic E-state index is 9.53. The summed E-state index contributed by atoms with van der Waals surface area (Å²) in [6, 6.07) is 18.2. The van der Waals surface area contributed by atoms with Crippen LogP contribution in [-0.2, 0) is 0 Å². The van der Waals surface area contributed by atoms with Crippen LogP contribution in [0.15, 0.2) is 60.7 Å². The summed E-state index contributed by atoms with van der Waals surface area (Å²) in [6.45, 7) is 1.12. The fourth-order valence-corrected chi connectivity index (χ4v) is 4.12. The van der Waals surface area contributed by atoms with E-state index in [0.29, 0.717) is 36.0 Å². The second-order valence-corrected chi connectivity index (χ2v) is 9.17. The van der Waals surface area contributed by atoms with E-state index >= 15 is 0 Å². The summed E-state index contributed by atoms with van der Waals surface area (Å²) in [6.07, 6.45) is 0. The van der Waals surface area contributed by atoms with Crippen LogP contribution in [0.4, 0.5) is 29.2 Å². The van der Waals surface area contributed by atoms with Crippen LogP contribution in [0.25, 0.3) is 21.8 Å². The molecule has 2 heterocycles. The molecule has 0 fully saturated rings. The fraction of sp³-hybridized carbons (Fsp3) is 0.185. The molecule has 0 bridgehead atoms. The first-order valence-electron chi connectivity index (χ1n) is 11.9. The molecule has 0 aliphatic rings. The van der Waals surface area contributed by atoms with Gasteiger partial charge in [-0.3, -0.25) is 0 Å². The molecule has 2 aromatic heterocycles. The average Bonchev–Trinajstić information content (AvgIpc) is 2.91. The number of nitrogens with one attached hydrogen (secondary N) is 3. The summed E-state index contributed by atoms with van der Waals surface area (Å²) >= 11 is 6.24. The van der Waals surface area contributed by atoms with Gasteiger partial charge in [-0.15, -0.1) is 0 Å². The molecule has 0 spiro atoms. The highest BCUT2D eigenvalue weighted by molar-refractivity contribution is 6.31. The van der Waals surface area contributed by atoms with E-state index in [1.807, 2.05) is 50.5 Å². The topological polar surface area (TPSA) is 120 Å². The third kappa shape index (κ3) is 5.55. The van der Waals surface area contributed by atoms with E-state index in [4.69, 9.17) is 21.3 Å². The predicted octanol–water partition coefficient (Wildman–Crippen LogP) is 5.27. The molecule has 10 nitrogen and oxygen atoms in total. The summed E-state index contributed by atoms with van der Waals surface area (Å²) in [7, 11) is 5.38. The molecule has 4 N–H and O–H groups in total. The van der Waals surface area contributed by atoms with E-state index in [9.17, 15) is 5.11 Å². The minimum atomic E-state index is 0.186. The van der Waals surface area contributed by atoms with Crippen LogP contribution in [-0.4, -0.2) is 59.3 Å². The molecule has 3 aromatic carbocycles. The van der Waals surface area contributed by atoms with Crippen molar-refractivity contribution in [3.63, 3.8) is 0 Å². The Morgan fingerprint density at radius 2 is 1.58 bits per heavy atom. The zero-order valence-corrected chi connectivity index (χ0v) is 21.9. The first kappa shape index (κ1) is 25.1. The second-order valence-electron chi connectivity index (χ2n) is 8.73. The number of anilines is 5. The van der Waals surface area contributed by atoms with Gasteiger partial charge in [0.15, 0.2) is 0 Å². The Morgan fingerprint density at radius 3 is 2.34 bits per heavy atom. The third-order valence-electron chi connectivity index (χ3n) is 5.80. The number of benzene rings is 3. The van der Waals surface area contributed by atoms with Gasteiger partial charge in [0.05, 0.1) is 23.8 Å². The van der Waals surface area contributed by atoms with Crippen LogP contribution in [0.5, 0.6) is 11.5 Å². The fourth-order valence-electron chi connectivity index (χ4n) is 3.95. The lowest BCUT2D eigenvalue weighted by molar-refractivity contribution is 0.415. The van der Waals surface area contributed by atoms with Gasteiger partial charge in [0.2, 0.25) is 17.8 Å². The number of hydrogen-bond acceptors (Lipinski definition) is 10. The van der Waals surface area contributed by atoms with E-state index in [2.05, 4.69) is 30.9 Å². The number of phenols is 1. The summed E-state index contributed by atoms with van der Waals surface area (Å²) in [5.41, 5.74) is 3.35. The highest BCUT2D eigenvalue weighted by Crippen LogP contribution is 2.34. The van der Waals surface area contributed by atoms with E-state index in [-0.39, 0.29) is 5.75 Å². The molecule has 0 atom stereocenters. The molecule has 5 rings (SSSR count). The molecular weight excluding hydrogens is 504 g/mol. The van der Waals surface area contributed by atoms with E-state index in [1.54, 1.807) is 36.3 Å². The third-order valence-corrected chi connectivity index (χ3v) is 6.04. The van der Waals surface area contributed by atoms with Crippen molar-refractivity contribution in [1.29, 1.82) is 0 Å². The standard InChI is InChI=1S/C27H27ClN8O2/c1-36(2)27-34-25(33-26(35-27)31-17-5-7-18(37)8-6-17)30-13-12-29-24-20-10-4-16(28)14-23(20)32-22-11-9-19(38-3)15-21(22)24/h4-11,14-15,37H,12-13H2,1-3H3,(H,29,32)(H2,30,31,33,34,35). The maximum atomic E-state index is 9.53. The van der Waals surface area contributed by atoms with Gasteiger partial charge in [0.25, 0.3) is 0 Å². The summed E-state index contributed by atoms with van der Waals surface area (Å²) < 4.78 is 5.45. The minimum Gasteiger partial charge on any atom is -0.508 e. The Balaban J connectivity index is 1.36. The van der Waals surface area contributed by atoms with Crippen molar-refractivity contribution < 1.29 is 9.84 Å². The summed E-state index contributed by atoms with van der Waals surface area (Å²) in [5.74, 6) is 2.27. The zero-order valence-electron chi connectivity index (χ0n) is 21.2. The number of pyridine rings is 1. The lowest BCUT2D eigenvalue weighted by Crippen LogP contribution is -2.19. The lowest BCUT2D eigenvalue weighted by atomic mass is 10.1. The number of hydrogen-bond donors (Lipinski definition) is 4. The predicted molar refractivity (Wildman–Crippen MR) is 153 cm³/mol. The molecule has 0 saturated carbocycles. The van der Waals surface area contributed by atoms with E-state index < -0.39 is 0 Å². The second kappa shape index (κ2) is 10.8. The number of fused-ring (bicyclic) bond motifs is 2. The Kier molecular flexibility index (Phi) is 7.14. The molecule has 0 saturated heterocycles. The Morgan fingerprint density at radius 1 is 0.816 bits per heavy atom. The number of aromatic nitrogens is 4. The zero-order chi connectivity index (χ0) is 26.6. The number of aromatic hydroxyl groups is 1. The van der Waals surface area contributed by atoms with Crippen LogP contribution in [0.3, 0.4) is 0 Å². The van der Waals surface area contributed by atoms with Gasteiger partial charge in [-0.1, -0.05) is 11.6 Å². The molecule has 194 valence electrons. The van der Waals surface area contributed by atoms with Gasteiger partial charge in [-0.2, -0.15) is 15.0 Å².